The van der Waals surface area contributed by atoms with Gasteiger partial charge in [0, 0.05) is 35.0 Å². The van der Waals surface area contributed by atoms with Crippen LogP contribution in [0.5, 0.6) is 0 Å². The van der Waals surface area contributed by atoms with E-state index in [-0.39, 0.29) is 36.8 Å². The van der Waals surface area contributed by atoms with Crippen LogP contribution in [0, 0.1) is 13.8 Å². The number of hydrogen-bond acceptors (Lipinski definition) is 4. The van der Waals surface area contributed by atoms with E-state index in [4.69, 9.17) is 5.73 Å². The van der Waals surface area contributed by atoms with E-state index >= 15 is 0 Å². The maximum absolute atomic E-state index is 12.6. The molecular formula is C16H24Cl2N4OS. The number of carbonyl (C=O) groups is 1. The summed E-state index contributed by atoms with van der Waals surface area (Å²) in [5.41, 5.74) is 8.63. The summed E-state index contributed by atoms with van der Waals surface area (Å²) in [5, 5.41) is 6.00. The predicted octanol–water partition coefficient (Wildman–Crippen LogP) is 3.39. The highest BCUT2D eigenvalue weighted by atomic mass is 35.5. The summed E-state index contributed by atoms with van der Waals surface area (Å²) in [6.07, 6.45) is 5.70. The van der Waals surface area contributed by atoms with Gasteiger partial charge in [-0.2, -0.15) is 0 Å². The van der Waals surface area contributed by atoms with Gasteiger partial charge in [-0.25, -0.2) is 4.98 Å². The molecule has 1 fully saturated rings. The van der Waals surface area contributed by atoms with Crippen molar-refractivity contribution >= 4 is 42.1 Å². The van der Waals surface area contributed by atoms with Crippen LogP contribution in [0.1, 0.15) is 47.4 Å². The van der Waals surface area contributed by atoms with Crippen LogP contribution in [0.2, 0.25) is 0 Å². The molecule has 8 heteroatoms. The minimum Gasteiger partial charge on any atom is -0.349 e. The van der Waals surface area contributed by atoms with Gasteiger partial charge in [-0.3, -0.25) is 9.36 Å². The number of amides is 1. The Kier molecular flexibility index (Phi) is 7.73. The number of thiazole rings is 1. The molecule has 0 unspecified atom stereocenters. The second-order valence-corrected chi connectivity index (χ2v) is 6.89. The number of halogens is 2. The fraction of sp³-hybridized carbons (Fsp3) is 0.500. The second kappa shape index (κ2) is 8.85. The molecule has 24 heavy (non-hydrogen) atoms. The number of nitrogens with two attached hydrogens (primary N) is 1. The van der Waals surface area contributed by atoms with Crippen molar-refractivity contribution in [2.75, 3.05) is 0 Å². The third kappa shape index (κ3) is 4.30. The van der Waals surface area contributed by atoms with E-state index in [9.17, 15) is 4.79 Å². The first-order chi connectivity index (χ1) is 10.6. The van der Waals surface area contributed by atoms with E-state index in [1.54, 1.807) is 17.5 Å². The van der Waals surface area contributed by atoms with E-state index in [1.807, 2.05) is 29.9 Å². The smallest absolute Gasteiger partial charge is 0.253 e. The molecule has 0 bridgehead atoms. The minimum absolute atomic E-state index is 0. The Morgan fingerprint density at radius 1 is 1.29 bits per heavy atom. The van der Waals surface area contributed by atoms with Crippen LogP contribution in [0.15, 0.2) is 17.6 Å². The van der Waals surface area contributed by atoms with Gasteiger partial charge in [0.1, 0.15) is 0 Å². The summed E-state index contributed by atoms with van der Waals surface area (Å²) in [6.45, 7) is 3.98. The molecule has 0 aliphatic heterocycles. The first-order valence-electron chi connectivity index (χ1n) is 7.71. The van der Waals surface area contributed by atoms with Crippen LogP contribution in [0.3, 0.4) is 0 Å². The van der Waals surface area contributed by atoms with Crippen LogP contribution in [0.4, 0.5) is 0 Å². The molecule has 0 aromatic carbocycles. The molecule has 1 aliphatic carbocycles. The van der Waals surface area contributed by atoms with Gasteiger partial charge in [0.25, 0.3) is 5.91 Å². The topological polar surface area (TPSA) is 72.9 Å². The van der Waals surface area contributed by atoms with Crippen LogP contribution >= 0.6 is 36.2 Å². The van der Waals surface area contributed by atoms with Crippen molar-refractivity contribution in [2.45, 2.75) is 51.6 Å². The highest BCUT2D eigenvalue weighted by molar-refractivity contribution is 7.12. The molecule has 2 heterocycles. The maximum Gasteiger partial charge on any atom is 0.253 e. The van der Waals surface area contributed by atoms with Gasteiger partial charge in [0.05, 0.1) is 5.56 Å². The van der Waals surface area contributed by atoms with Gasteiger partial charge in [-0.05, 0) is 45.6 Å². The fourth-order valence-corrected chi connectivity index (χ4v) is 3.89. The lowest BCUT2D eigenvalue weighted by Crippen LogP contribution is -2.40. The van der Waals surface area contributed by atoms with Crippen molar-refractivity contribution in [3.8, 4) is 5.13 Å². The zero-order valence-corrected chi connectivity index (χ0v) is 16.3. The summed E-state index contributed by atoms with van der Waals surface area (Å²) >= 11 is 1.57. The molecule has 0 atom stereocenters. The highest BCUT2D eigenvalue weighted by Gasteiger charge is 2.23. The summed E-state index contributed by atoms with van der Waals surface area (Å²) in [7, 11) is 0. The SMILES string of the molecule is Cc1cc(C(=O)NC2CCC(N)CC2)c(C)n1-c1nccs1.Cl.Cl. The van der Waals surface area contributed by atoms with E-state index in [0.717, 1.165) is 47.8 Å². The number of aryl methyl sites for hydroxylation is 1. The van der Waals surface area contributed by atoms with E-state index < -0.39 is 0 Å². The monoisotopic (exact) mass is 390 g/mol. The Hall–Kier alpha value is -1.08. The fourth-order valence-electron chi connectivity index (χ4n) is 3.14. The van der Waals surface area contributed by atoms with E-state index in [1.165, 1.54) is 0 Å². The third-order valence-electron chi connectivity index (χ3n) is 4.39. The number of rotatable bonds is 3. The molecule has 0 spiro atoms. The lowest BCUT2D eigenvalue weighted by atomic mass is 9.91. The number of aromatic nitrogens is 2. The highest BCUT2D eigenvalue weighted by Crippen LogP contribution is 2.23. The van der Waals surface area contributed by atoms with Crippen LogP contribution in [-0.4, -0.2) is 27.5 Å². The Morgan fingerprint density at radius 3 is 2.54 bits per heavy atom. The van der Waals surface area contributed by atoms with Gasteiger partial charge < -0.3 is 11.1 Å². The van der Waals surface area contributed by atoms with Crippen molar-refractivity contribution in [2.24, 2.45) is 5.73 Å². The molecular weight excluding hydrogens is 367 g/mol. The normalized spacial score (nSPS) is 20.0. The van der Waals surface area contributed by atoms with Crippen LogP contribution in [0.25, 0.3) is 5.13 Å². The lowest BCUT2D eigenvalue weighted by Gasteiger charge is -2.26. The Balaban J connectivity index is 0.00000144. The van der Waals surface area contributed by atoms with Crippen molar-refractivity contribution in [1.82, 2.24) is 14.9 Å². The van der Waals surface area contributed by atoms with Gasteiger partial charge in [-0.15, -0.1) is 36.2 Å². The molecule has 2 aromatic heterocycles. The molecule has 1 amide bonds. The van der Waals surface area contributed by atoms with Gasteiger partial charge in [0.2, 0.25) is 0 Å². The van der Waals surface area contributed by atoms with Crippen molar-refractivity contribution in [3.05, 3.63) is 34.6 Å². The molecule has 0 saturated heterocycles. The number of nitrogens with one attached hydrogen (secondary N) is 1. The molecule has 3 rings (SSSR count). The Bertz CT molecular complexity index is 664. The number of carbonyl (C=O) groups excluding carboxylic acids is 1. The molecule has 134 valence electrons. The largest absolute Gasteiger partial charge is 0.349 e. The summed E-state index contributed by atoms with van der Waals surface area (Å²) in [6, 6.07) is 2.49. The molecule has 5 nitrogen and oxygen atoms in total. The summed E-state index contributed by atoms with van der Waals surface area (Å²) in [5.74, 6) is 0.0105. The minimum atomic E-state index is 0. The average Bonchev–Trinajstić information content (AvgIpc) is 3.09. The second-order valence-electron chi connectivity index (χ2n) is 6.02. The quantitative estimate of drug-likeness (QED) is 0.843. The Morgan fingerprint density at radius 2 is 1.96 bits per heavy atom. The van der Waals surface area contributed by atoms with Crippen molar-refractivity contribution in [3.63, 3.8) is 0 Å². The van der Waals surface area contributed by atoms with Crippen LogP contribution in [-0.2, 0) is 0 Å². The molecule has 1 saturated carbocycles. The average molecular weight is 391 g/mol. The first-order valence-corrected chi connectivity index (χ1v) is 8.59. The van der Waals surface area contributed by atoms with E-state index in [2.05, 4.69) is 10.3 Å². The maximum atomic E-state index is 12.6. The first kappa shape index (κ1) is 21.0. The zero-order valence-electron chi connectivity index (χ0n) is 13.8. The third-order valence-corrected chi connectivity index (χ3v) is 5.15. The van der Waals surface area contributed by atoms with Crippen LogP contribution < -0.4 is 11.1 Å². The Labute approximate surface area is 158 Å². The molecule has 2 aromatic rings. The summed E-state index contributed by atoms with van der Waals surface area (Å²) < 4.78 is 2.04. The van der Waals surface area contributed by atoms with E-state index in [0.29, 0.717) is 6.04 Å². The van der Waals surface area contributed by atoms with Crippen molar-refractivity contribution < 1.29 is 4.79 Å². The summed E-state index contributed by atoms with van der Waals surface area (Å²) in [4.78, 5) is 16.9. The van der Waals surface area contributed by atoms with Crippen molar-refractivity contribution in [1.29, 1.82) is 0 Å². The zero-order chi connectivity index (χ0) is 15.7. The number of nitrogens with zero attached hydrogens (tertiary/aromatic N) is 2. The molecule has 0 radical (unpaired) electrons. The van der Waals surface area contributed by atoms with Gasteiger partial charge >= 0.3 is 0 Å². The standard InChI is InChI=1S/C16H22N4OS.2ClH/c1-10-9-14(11(2)20(10)16-18-7-8-22-16)15(21)19-13-5-3-12(17)4-6-13;;/h7-9,12-13H,3-6,17H2,1-2H3,(H,19,21);2*1H. The number of hydrogen-bond donors (Lipinski definition) is 2. The van der Waals surface area contributed by atoms with Gasteiger partial charge in [0.15, 0.2) is 5.13 Å². The molecule has 3 N–H and O–H groups in total. The molecule has 1 aliphatic rings. The van der Waals surface area contributed by atoms with Gasteiger partial charge in [-0.1, -0.05) is 0 Å². The predicted molar refractivity (Wildman–Crippen MR) is 103 cm³/mol. The lowest BCUT2D eigenvalue weighted by molar-refractivity contribution is 0.0925.